The molecule has 0 aromatic carbocycles. The summed E-state index contributed by atoms with van der Waals surface area (Å²) in [7, 11) is 0. The maximum Gasteiger partial charge on any atom is 0.199 e. The van der Waals surface area contributed by atoms with Crippen LogP contribution in [0.25, 0.3) is 5.65 Å². The van der Waals surface area contributed by atoms with E-state index >= 15 is 0 Å². The molecule has 7 nitrogen and oxygen atoms in total. The second-order valence-corrected chi connectivity index (χ2v) is 5.32. The van der Waals surface area contributed by atoms with Crippen molar-refractivity contribution in [3.05, 3.63) is 12.4 Å². The Morgan fingerprint density at radius 3 is 3.15 bits per heavy atom. The molecule has 1 fully saturated rings. The number of likely N-dealkylation sites (N-methyl/N-ethyl adjacent to an activating group) is 1. The summed E-state index contributed by atoms with van der Waals surface area (Å²) in [5.74, 6) is 0.988. The molecule has 0 aliphatic carbocycles. The molecule has 0 saturated carbocycles. The van der Waals surface area contributed by atoms with Gasteiger partial charge in [-0.15, -0.1) is 5.10 Å². The number of fused-ring (bicyclic) bond motifs is 1. The van der Waals surface area contributed by atoms with E-state index in [1.165, 1.54) is 19.3 Å². The third-order valence-electron chi connectivity index (χ3n) is 4.04. The van der Waals surface area contributed by atoms with E-state index in [1.54, 1.807) is 10.7 Å². The maximum absolute atomic E-state index is 4.27. The van der Waals surface area contributed by atoms with Crippen molar-refractivity contribution in [3.63, 3.8) is 0 Å². The predicted molar refractivity (Wildman–Crippen MR) is 76.7 cm³/mol. The number of hydrogen-bond acceptors (Lipinski definition) is 6. The molecular weight excluding hydrogens is 254 g/mol. The molecule has 3 heterocycles. The van der Waals surface area contributed by atoms with Crippen LogP contribution >= 0.6 is 0 Å². The standard InChI is InChI=1S/C13H21N7/c1-3-15-10(2)11-6-4-5-7-19(11)13-9-14-8-12-16-17-18-20(12)13/h8-11,15H,3-7H2,1-2H3. The topological polar surface area (TPSA) is 71.2 Å². The fraction of sp³-hybridized carbons (Fsp3) is 0.692. The van der Waals surface area contributed by atoms with E-state index in [2.05, 4.69) is 44.6 Å². The number of rotatable bonds is 4. The number of anilines is 1. The van der Waals surface area contributed by atoms with Gasteiger partial charge >= 0.3 is 0 Å². The van der Waals surface area contributed by atoms with E-state index in [-0.39, 0.29) is 0 Å². The van der Waals surface area contributed by atoms with Crippen LogP contribution in [0.5, 0.6) is 0 Å². The zero-order valence-corrected chi connectivity index (χ0v) is 12.0. The van der Waals surface area contributed by atoms with E-state index in [0.717, 1.165) is 18.9 Å². The summed E-state index contributed by atoms with van der Waals surface area (Å²) < 4.78 is 1.78. The molecule has 1 N–H and O–H groups in total. The van der Waals surface area contributed by atoms with Crippen molar-refractivity contribution in [1.82, 2.24) is 30.3 Å². The van der Waals surface area contributed by atoms with Gasteiger partial charge in [0.1, 0.15) is 0 Å². The maximum atomic E-state index is 4.27. The minimum Gasteiger partial charge on any atom is -0.351 e. The number of aromatic nitrogens is 5. The van der Waals surface area contributed by atoms with Gasteiger partial charge in [-0.05, 0) is 43.2 Å². The van der Waals surface area contributed by atoms with Crippen molar-refractivity contribution < 1.29 is 0 Å². The molecule has 108 valence electrons. The number of nitrogens with zero attached hydrogens (tertiary/aromatic N) is 6. The molecule has 7 heteroatoms. The predicted octanol–water partition coefficient (Wildman–Crippen LogP) is 0.876. The molecule has 1 saturated heterocycles. The van der Waals surface area contributed by atoms with Crippen molar-refractivity contribution in [3.8, 4) is 0 Å². The molecule has 2 aromatic rings. The first-order valence-corrected chi connectivity index (χ1v) is 7.33. The van der Waals surface area contributed by atoms with Crippen molar-refractivity contribution in [1.29, 1.82) is 0 Å². The summed E-state index contributed by atoms with van der Waals surface area (Å²) >= 11 is 0. The van der Waals surface area contributed by atoms with E-state index in [4.69, 9.17) is 0 Å². The lowest BCUT2D eigenvalue weighted by atomic mass is 9.96. The Kier molecular flexibility index (Phi) is 3.77. The fourth-order valence-electron chi connectivity index (χ4n) is 3.08. The Bertz CT molecular complexity index is 567. The van der Waals surface area contributed by atoms with Gasteiger partial charge in [-0.2, -0.15) is 4.52 Å². The number of tetrazole rings is 1. The number of hydrogen-bond donors (Lipinski definition) is 1. The summed E-state index contributed by atoms with van der Waals surface area (Å²) in [6.07, 6.45) is 7.22. The Morgan fingerprint density at radius 1 is 1.40 bits per heavy atom. The Morgan fingerprint density at radius 2 is 2.30 bits per heavy atom. The van der Waals surface area contributed by atoms with Crippen LogP contribution in [0.15, 0.2) is 12.4 Å². The van der Waals surface area contributed by atoms with Crippen molar-refractivity contribution in [2.75, 3.05) is 18.0 Å². The molecule has 1 aliphatic rings. The van der Waals surface area contributed by atoms with Gasteiger partial charge in [-0.3, -0.25) is 4.98 Å². The largest absolute Gasteiger partial charge is 0.351 e. The highest BCUT2D eigenvalue weighted by atomic mass is 15.5. The molecule has 0 radical (unpaired) electrons. The third kappa shape index (κ3) is 2.33. The SMILES string of the molecule is CCNC(C)C1CCCCN1c1cncc2nnnn12. The average molecular weight is 275 g/mol. The highest BCUT2D eigenvalue weighted by Crippen LogP contribution is 2.25. The Labute approximate surface area is 118 Å². The molecule has 0 amide bonds. The summed E-state index contributed by atoms with van der Waals surface area (Å²) in [6, 6.07) is 0.896. The first-order chi connectivity index (χ1) is 9.81. The van der Waals surface area contributed by atoms with Crippen LogP contribution in [-0.4, -0.2) is 50.2 Å². The minimum absolute atomic E-state index is 0.437. The summed E-state index contributed by atoms with van der Waals surface area (Å²) in [4.78, 5) is 6.67. The first kappa shape index (κ1) is 13.2. The molecular formula is C13H21N7. The molecule has 2 atom stereocenters. The first-order valence-electron chi connectivity index (χ1n) is 7.33. The number of nitrogens with one attached hydrogen (secondary N) is 1. The zero-order chi connectivity index (χ0) is 13.9. The second-order valence-electron chi connectivity index (χ2n) is 5.32. The second kappa shape index (κ2) is 5.70. The van der Waals surface area contributed by atoms with Crippen molar-refractivity contribution >= 4 is 11.5 Å². The average Bonchev–Trinajstić information content (AvgIpc) is 2.96. The van der Waals surface area contributed by atoms with Gasteiger partial charge in [0.25, 0.3) is 0 Å². The van der Waals surface area contributed by atoms with Gasteiger partial charge in [0.15, 0.2) is 11.5 Å². The zero-order valence-electron chi connectivity index (χ0n) is 12.0. The minimum atomic E-state index is 0.437. The van der Waals surface area contributed by atoms with Crippen LogP contribution in [0, 0.1) is 0 Å². The van der Waals surface area contributed by atoms with Gasteiger partial charge in [0.2, 0.25) is 0 Å². The van der Waals surface area contributed by atoms with Gasteiger partial charge in [-0.1, -0.05) is 6.92 Å². The van der Waals surface area contributed by atoms with Gasteiger partial charge < -0.3 is 10.2 Å². The lowest BCUT2D eigenvalue weighted by Crippen LogP contribution is -2.51. The van der Waals surface area contributed by atoms with Crippen LogP contribution in [0.4, 0.5) is 5.82 Å². The molecule has 2 unspecified atom stereocenters. The van der Waals surface area contributed by atoms with Crippen LogP contribution in [0.3, 0.4) is 0 Å². The van der Waals surface area contributed by atoms with Crippen LogP contribution in [-0.2, 0) is 0 Å². The van der Waals surface area contributed by atoms with E-state index in [1.807, 2.05) is 6.20 Å². The van der Waals surface area contributed by atoms with E-state index in [0.29, 0.717) is 17.7 Å². The van der Waals surface area contributed by atoms with E-state index < -0.39 is 0 Å². The van der Waals surface area contributed by atoms with Gasteiger partial charge in [-0.25, -0.2) is 0 Å². The summed E-state index contributed by atoms with van der Waals surface area (Å²) in [5.41, 5.74) is 0.697. The quantitative estimate of drug-likeness (QED) is 0.893. The summed E-state index contributed by atoms with van der Waals surface area (Å²) in [5, 5.41) is 15.3. The molecule has 0 spiro atoms. The van der Waals surface area contributed by atoms with Crippen LogP contribution in [0.1, 0.15) is 33.1 Å². The smallest absolute Gasteiger partial charge is 0.199 e. The van der Waals surface area contributed by atoms with Gasteiger partial charge in [0, 0.05) is 18.6 Å². The lowest BCUT2D eigenvalue weighted by Gasteiger charge is -2.40. The lowest BCUT2D eigenvalue weighted by molar-refractivity contribution is 0.368. The summed E-state index contributed by atoms with van der Waals surface area (Å²) in [6.45, 7) is 6.41. The Balaban J connectivity index is 1.95. The highest BCUT2D eigenvalue weighted by Gasteiger charge is 2.29. The molecule has 0 bridgehead atoms. The van der Waals surface area contributed by atoms with E-state index in [9.17, 15) is 0 Å². The third-order valence-corrected chi connectivity index (χ3v) is 4.04. The van der Waals surface area contributed by atoms with Crippen molar-refractivity contribution in [2.24, 2.45) is 0 Å². The van der Waals surface area contributed by atoms with Gasteiger partial charge in [0.05, 0.1) is 12.4 Å². The molecule has 1 aliphatic heterocycles. The Hall–Kier alpha value is -1.76. The monoisotopic (exact) mass is 275 g/mol. The normalized spacial score (nSPS) is 21.3. The molecule has 20 heavy (non-hydrogen) atoms. The highest BCUT2D eigenvalue weighted by molar-refractivity contribution is 5.47. The number of piperidine rings is 1. The molecule has 2 aromatic heterocycles. The van der Waals surface area contributed by atoms with Crippen LogP contribution < -0.4 is 10.2 Å². The molecule has 3 rings (SSSR count). The fourth-order valence-corrected chi connectivity index (χ4v) is 3.08. The van der Waals surface area contributed by atoms with Crippen LogP contribution in [0.2, 0.25) is 0 Å². The van der Waals surface area contributed by atoms with Crippen molar-refractivity contribution in [2.45, 2.75) is 45.2 Å².